The smallest absolute Gasteiger partial charge is 0.252 e. The molecule has 4 aliphatic rings. The molecule has 2 heterocycles. The first kappa shape index (κ1) is 47.2. The Morgan fingerprint density at radius 1 is 0.435 bits per heavy atom. The molecule has 6 aromatic rings. The van der Waals surface area contributed by atoms with E-state index in [0.717, 1.165) is 36.1 Å². The quantitative estimate of drug-likeness (QED) is 0.129. The normalized spacial score (nSPS) is 18.3. The fourth-order valence-electron chi connectivity index (χ4n) is 12.4. The van der Waals surface area contributed by atoms with E-state index in [1.807, 2.05) is 12.1 Å². The third kappa shape index (κ3) is 7.51. The lowest BCUT2D eigenvalue weighted by Gasteiger charge is -2.48. The van der Waals surface area contributed by atoms with Gasteiger partial charge >= 0.3 is 0 Å². The summed E-state index contributed by atoms with van der Waals surface area (Å²) in [6.07, 6.45) is 4.66. The first-order valence-electron chi connectivity index (χ1n) is 25.9. The molecule has 0 amide bonds. The first-order chi connectivity index (χ1) is 32.0. The van der Waals surface area contributed by atoms with Gasteiger partial charge in [-0.2, -0.15) is 0 Å². The van der Waals surface area contributed by atoms with Gasteiger partial charge in [0.15, 0.2) is 5.69 Å². The molecule has 2 aliphatic carbocycles. The Morgan fingerprint density at radius 2 is 0.928 bits per heavy atom. The van der Waals surface area contributed by atoms with Crippen molar-refractivity contribution in [1.29, 1.82) is 0 Å². The highest BCUT2D eigenvalue weighted by Crippen LogP contribution is 2.54. The minimum atomic E-state index is -0.158. The van der Waals surface area contributed by atoms with Gasteiger partial charge in [-0.3, -0.25) is 0 Å². The van der Waals surface area contributed by atoms with Gasteiger partial charge in [-0.25, -0.2) is 4.85 Å². The average molecular weight is 910 g/mol. The minimum Gasteiger partial charge on any atom is -0.311 e. The summed E-state index contributed by atoms with van der Waals surface area (Å²) in [6, 6.07) is 40.6. The predicted octanol–water partition coefficient (Wildman–Crippen LogP) is 16.6. The van der Waals surface area contributed by atoms with Crippen molar-refractivity contribution in [2.45, 2.75) is 181 Å². The Labute approximate surface area is 416 Å². The molecule has 0 saturated carbocycles. The molecule has 0 fully saturated rings. The van der Waals surface area contributed by atoms with Crippen molar-refractivity contribution >= 4 is 62.9 Å². The van der Waals surface area contributed by atoms with Gasteiger partial charge in [-0.15, -0.1) is 0 Å². The highest BCUT2D eigenvalue weighted by atomic mass is 15.2. The maximum absolute atomic E-state index is 8.43. The molecule has 3 nitrogen and oxygen atoms in total. The Morgan fingerprint density at radius 3 is 1.51 bits per heavy atom. The van der Waals surface area contributed by atoms with Crippen LogP contribution in [0.1, 0.15) is 182 Å². The molecule has 0 radical (unpaired) electrons. The fraction of sp³-hybridized carbons (Fsp3) is 0.431. The second kappa shape index (κ2) is 15.2. The van der Waals surface area contributed by atoms with E-state index >= 15 is 0 Å². The number of hydrogen-bond donors (Lipinski definition) is 0. The van der Waals surface area contributed by atoms with Crippen molar-refractivity contribution in [1.82, 2.24) is 0 Å². The molecule has 0 atom stereocenters. The van der Waals surface area contributed by atoms with Crippen LogP contribution in [0.5, 0.6) is 0 Å². The van der Waals surface area contributed by atoms with Crippen molar-refractivity contribution < 1.29 is 0 Å². The van der Waals surface area contributed by atoms with E-state index in [4.69, 9.17) is 6.57 Å². The summed E-state index contributed by atoms with van der Waals surface area (Å²) in [5.74, 6) is 0. The number of fused-ring (bicyclic) bond motifs is 6. The lowest BCUT2D eigenvalue weighted by atomic mass is 9.32. The van der Waals surface area contributed by atoms with Gasteiger partial charge < -0.3 is 9.80 Å². The van der Waals surface area contributed by atoms with Crippen LogP contribution in [-0.2, 0) is 37.9 Å². The summed E-state index contributed by atoms with van der Waals surface area (Å²) in [6.45, 7) is 49.2. The van der Waals surface area contributed by atoms with Crippen molar-refractivity contribution in [3.05, 3.63) is 153 Å². The predicted molar refractivity (Wildman–Crippen MR) is 299 cm³/mol. The summed E-state index contributed by atoms with van der Waals surface area (Å²) in [5, 5.41) is 0. The minimum absolute atomic E-state index is 0.0178. The highest BCUT2D eigenvalue weighted by Gasteiger charge is 2.48. The average Bonchev–Trinajstić information content (AvgIpc) is 3.27. The van der Waals surface area contributed by atoms with Crippen molar-refractivity contribution in [3.63, 3.8) is 0 Å². The van der Waals surface area contributed by atoms with Gasteiger partial charge in [0.1, 0.15) is 0 Å². The first-order valence-corrected chi connectivity index (χ1v) is 25.9. The van der Waals surface area contributed by atoms with Gasteiger partial charge in [0.2, 0.25) is 0 Å². The van der Waals surface area contributed by atoms with Gasteiger partial charge in [0.25, 0.3) is 6.71 Å². The number of rotatable bonds is 3. The number of nitrogens with zero attached hydrogens (tertiary/aromatic N) is 3. The molecule has 0 N–H and O–H groups in total. The van der Waals surface area contributed by atoms with Crippen LogP contribution in [0.25, 0.3) is 16.0 Å². The SMILES string of the molecule is [C-]#[N+]c1ccccc1-c1cc(C(C)(C)C)ccc1N1c2ccc(C(C)(C)C)cc2B2c3cc4c(cc3N(c3ccc5c(c3)C(C)(C)CCC5(C)C)c3cc(C(C)(C)C)cc1c32)C(C)(C)CCC4(C)C. The third-order valence-electron chi connectivity index (χ3n) is 17.3. The molecule has 6 aromatic carbocycles. The van der Waals surface area contributed by atoms with E-state index in [1.165, 1.54) is 90.2 Å². The lowest BCUT2D eigenvalue weighted by Crippen LogP contribution is -2.62. The van der Waals surface area contributed by atoms with Crippen molar-refractivity contribution in [3.8, 4) is 11.1 Å². The van der Waals surface area contributed by atoms with Gasteiger partial charge in [0, 0.05) is 28.4 Å². The van der Waals surface area contributed by atoms with Crippen LogP contribution in [0.3, 0.4) is 0 Å². The summed E-state index contributed by atoms with van der Waals surface area (Å²) in [5.41, 5.74) is 23.9. The van der Waals surface area contributed by atoms with Crippen LogP contribution >= 0.6 is 0 Å². The van der Waals surface area contributed by atoms with Gasteiger partial charge in [-0.1, -0.05) is 172 Å². The molecule has 354 valence electrons. The molecular formula is C65H76BN3. The number of para-hydroxylation sites is 1. The maximum atomic E-state index is 8.43. The van der Waals surface area contributed by atoms with Crippen molar-refractivity contribution in [2.75, 3.05) is 9.80 Å². The highest BCUT2D eigenvalue weighted by molar-refractivity contribution is 7.00. The van der Waals surface area contributed by atoms with Crippen LogP contribution in [0, 0.1) is 6.57 Å². The lowest BCUT2D eigenvalue weighted by molar-refractivity contribution is 0.332. The van der Waals surface area contributed by atoms with E-state index in [0.29, 0.717) is 5.69 Å². The van der Waals surface area contributed by atoms with Crippen molar-refractivity contribution in [2.24, 2.45) is 0 Å². The van der Waals surface area contributed by atoms with Crippen LogP contribution in [0.15, 0.2) is 103 Å². The monoisotopic (exact) mass is 910 g/mol. The molecule has 0 aromatic heterocycles. The Balaban J connectivity index is 1.38. The van der Waals surface area contributed by atoms with E-state index in [-0.39, 0.29) is 44.6 Å². The standard InChI is InChI=1S/C65H76BN3/c1-59(2,3)40-23-27-53(45(33-40)44-21-19-20-22-52(44)67-18)69-54-28-24-41(60(4,5)6)34-50(54)66-51-38-48-49(65(16,17)32-31-64(48,14)15)39-55(51)68(56-35-42(61(7,8)9)36-57(69)58(56)66)43-25-26-46-47(37-43)63(12,13)30-29-62(46,10)11/h19-28,33-39H,29-32H2,1-17H3. The maximum Gasteiger partial charge on any atom is 0.252 e. The fourth-order valence-corrected chi connectivity index (χ4v) is 12.4. The Kier molecular flexibility index (Phi) is 10.4. The zero-order valence-electron chi connectivity index (χ0n) is 45.1. The Hall–Kier alpha value is -5.53. The van der Waals surface area contributed by atoms with Crippen LogP contribution in [-0.4, -0.2) is 6.71 Å². The van der Waals surface area contributed by atoms with Crippen LogP contribution < -0.4 is 26.2 Å². The van der Waals surface area contributed by atoms with E-state index in [2.05, 4.69) is 223 Å². The van der Waals surface area contributed by atoms with Gasteiger partial charge in [-0.05, 0) is 179 Å². The molecule has 0 spiro atoms. The van der Waals surface area contributed by atoms with Crippen LogP contribution in [0.4, 0.5) is 39.8 Å². The molecule has 4 heteroatoms. The van der Waals surface area contributed by atoms with Crippen LogP contribution in [0.2, 0.25) is 0 Å². The molecule has 0 unspecified atom stereocenters. The summed E-state index contributed by atoms with van der Waals surface area (Å²) >= 11 is 0. The second-order valence-corrected chi connectivity index (χ2v) is 27.1. The summed E-state index contributed by atoms with van der Waals surface area (Å²) < 4.78 is 0. The van der Waals surface area contributed by atoms with E-state index < -0.39 is 0 Å². The molecule has 0 bridgehead atoms. The number of benzene rings is 6. The largest absolute Gasteiger partial charge is 0.311 e. The van der Waals surface area contributed by atoms with E-state index in [9.17, 15) is 0 Å². The summed E-state index contributed by atoms with van der Waals surface area (Å²) in [7, 11) is 0. The topological polar surface area (TPSA) is 10.8 Å². The zero-order valence-corrected chi connectivity index (χ0v) is 45.1. The summed E-state index contributed by atoms with van der Waals surface area (Å²) in [4.78, 5) is 9.45. The molecular weight excluding hydrogens is 834 g/mol. The third-order valence-corrected chi connectivity index (χ3v) is 17.3. The van der Waals surface area contributed by atoms with Gasteiger partial charge in [0.05, 0.1) is 12.3 Å². The second-order valence-electron chi connectivity index (χ2n) is 27.1. The molecule has 2 aliphatic heterocycles. The Bertz CT molecular complexity index is 3150. The molecule has 69 heavy (non-hydrogen) atoms. The molecule has 10 rings (SSSR count). The number of anilines is 6. The molecule has 0 saturated heterocycles. The van der Waals surface area contributed by atoms with E-state index in [1.54, 1.807) is 0 Å². The number of hydrogen-bond acceptors (Lipinski definition) is 2. The zero-order chi connectivity index (χ0) is 49.8.